The van der Waals surface area contributed by atoms with Gasteiger partial charge in [0, 0.05) is 30.8 Å². The van der Waals surface area contributed by atoms with Crippen LogP contribution in [-0.4, -0.2) is 35.6 Å². The third-order valence-electron chi connectivity index (χ3n) is 3.73. The minimum atomic E-state index is -0.440. The molecule has 0 bridgehead atoms. The first-order valence-corrected chi connectivity index (χ1v) is 7.47. The van der Waals surface area contributed by atoms with Gasteiger partial charge in [-0.25, -0.2) is 9.07 Å². The van der Waals surface area contributed by atoms with Crippen molar-refractivity contribution in [3.63, 3.8) is 0 Å². The zero-order valence-electron chi connectivity index (χ0n) is 12.3. The number of ether oxygens (including phenoxy) is 2. The Labute approximate surface area is 144 Å². The highest BCUT2D eigenvalue weighted by atomic mass is 35.5. The fraction of sp³-hybridized carbons (Fsp3) is 0.400. The average Bonchev–Trinajstić information content (AvgIpc) is 2.94. The largest absolute Gasteiger partial charge is 0.490 e. The first kappa shape index (κ1) is 18.0. The van der Waals surface area contributed by atoms with Crippen LogP contribution in [0.3, 0.4) is 0 Å². The summed E-state index contributed by atoms with van der Waals surface area (Å²) in [5.74, 6) is -0.0526. The molecule has 2 aromatic rings. The van der Waals surface area contributed by atoms with Crippen molar-refractivity contribution in [1.82, 2.24) is 9.78 Å². The van der Waals surface area contributed by atoms with Crippen LogP contribution >= 0.6 is 24.0 Å². The summed E-state index contributed by atoms with van der Waals surface area (Å²) in [6, 6.07) is 4.61. The molecule has 126 valence electrons. The molecule has 0 saturated carbocycles. The lowest BCUT2D eigenvalue weighted by atomic mass is 9.97. The topological polar surface area (TPSA) is 62.3 Å². The smallest absolute Gasteiger partial charge is 0.167 e. The number of halogens is 3. The Kier molecular flexibility index (Phi) is 6.24. The van der Waals surface area contributed by atoms with E-state index in [1.165, 1.54) is 16.9 Å². The molecule has 8 heteroatoms. The van der Waals surface area contributed by atoms with E-state index in [9.17, 15) is 4.39 Å². The van der Waals surface area contributed by atoms with E-state index in [0.29, 0.717) is 30.5 Å². The molecule has 5 nitrogen and oxygen atoms in total. The Morgan fingerprint density at radius 2 is 2.30 bits per heavy atom. The summed E-state index contributed by atoms with van der Waals surface area (Å²) in [7, 11) is 0. The molecule has 0 radical (unpaired) electrons. The van der Waals surface area contributed by atoms with Gasteiger partial charge in [0.1, 0.15) is 0 Å². The van der Waals surface area contributed by atoms with Crippen LogP contribution < -0.4 is 10.5 Å². The highest BCUT2D eigenvalue weighted by molar-refractivity contribution is 6.30. The number of hydrogen-bond acceptors (Lipinski definition) is 4. The lowest BCUT2D eigenvalue weighted by Gasteiger charge is -2.28. The molecule has 2 heterocycles. The first-order chi connectivity index (χ1) is 10.6. The maximum absolute atomic E-state index is 14.1. The molecule has 1 saturated heterocycles. The SMILES string of the molecule is Cl.N[C@H]1COCC[C@@H]1COc1ccc(-n2cc(Cl)cn2)cc1F. The minimum absolute atomic E-state index is 0. The summed E-state index contributed by atoms with van der Waals surface area (Å²) < 4.78 is 26.5. The second-order valence-corrected chi connectivity index (χ2v) is 5.75. The molecule has 0 aliphatic carbocycles. The predicted octanol–water partition coefficient (Wildman–Crippen LogP) is 2.83. The van der Waals surface area contributed by atoms with Crippen LogP contribution in [0.4, 0.5) is 4.39 Å². The van der Waals surface area contributed by atoms with E-state index in [1.54, 1.807) is 18.3 Å². The second-order valence-electron chi connectivity index (χ2n) is 5.32. The number of nitrogens with zero attached hydrogens (tertiary/aromatic N) is 2. The molecule has 0 spiro atoms. The molecular formula is C15H18Cl2FN3O2. The van der Waals surface area contributed by atoms with Gasteiger partial charge in [-0.2, -0.15) is 5.10 Å². The van der Waals surface area contributed by atoms with Gasteiger partial charge in [-0.05, 0) is 18.6 Å². The van der Waals surface area contributed by atoms with Gasteiger partial charge in [0.15, 0.2) is 11.6 Å². The van der Waals surface area contributed by atoms with Crippen molar-refractivity contribution in [3.8, 4) is 11.4 Å². The molecule has 2 N–H and O–H groups in total. The standard InChI is InChI=1S/C15H17ClFN3O2.ClH/c16-11-6-19-20(7-11)12-1-2-15(13(17)5-12)22-8-10-3-4-21-9-14(10)18;/h1-2,5-7,10,14H,3-4,8-9,18H2;1H/t10-,14+;/m1./s1. The van der Waals surface area contributed by atoms with E-state index in [4.69, 9.17) is 26.8 Å². The Morgan fingerprint density at radius 3 is 2.96 bits per heavy atom. The van der Waals surface area contributed by atoms with Gasteiger partial charge in [-0.1, -0.05) is 11.6 Å². The molecule has 1 aromatic carbocycles. The molecule has 1 aliphatic rings. The summed E-state index contributed by atoms with van der Waals surface area (Å²) in [6.07, 6.45) is 3.93. The summed E-state index contributed by atoms with van der Waals surface area (Å²) in [4.78, 5) is 0. The molecule has 1 aliphatic heterocycles. The molecule has 3 rings (SSSR count). The van der Waals surface area contributed by atoms with E-state index >= 15 is 0 Å². The highest BCUT2D eigenvalue weighted by Gasteiger charge is 2.23. The van der Waals surface area contributed by atoms with Crippen molar-refractivity contribution in [2.75, 3.05) is 19.8 Å². The van der Waals surface area contributed by atoms with Gasteiger partial charge in [0.2, 0.25) is 0 Å². The number of nitrogens with two attached hydrogens (primary N) is 1. The van der Waals surface area contributed by atoms with E-state index in [-0.39, 0.29) is 30.1 Å². The van der Waals surface area contributed by atoms with Crippen LogP contribution in [0.5, 0.6) is 5.75 Å². The first-order valence-electron chi connectivity index (χ1n) is 7.09. The molecule has 1 aromatic heterocycles. The highest BCUT2D eigenvalue weighted by Crippen LogP contribution is 2.23. The molecule has 1 fully saturated rings. The number of aromatic nitrogens is 2. The molecule has 0 amide bonds. The van der Waals surface area contributed by atoms with Crippen molar-refractivity contribution >= 4 is 24.0 Å². The Balaban J connectivity index is 0.00000192. The van der Waals surface area contributed by atoms with Gasteiger partial charge in [-0.15, -0.1) is 12.4 Å². The van der Waals surface area contributed by atoms with E-state index < -0.39 is 5.82 Å². The van der Waals surface area contributed by atoms with Crippen LogP contribution in [0.1, 0.15) is 6.42 Å². The second kappa shape index (κ2) is 7.97. The van der Waals surface area contributed by atoms with Crippen molar-refractivity contribution in [3.05, 3.63) is 41.4 Å². The van der Waals surface area contributed by atoms with Crippen LogP contribution in [0, 0.1) is 11.7 Å². The zero-order valence-corrected chi connectivity index (χ0v) is 13.9. The maximum Gasteiger partial charge on any atom is 0.167 e. The van der Waals surface area contributed by atoms with Crippen molar-refractivity contribution in [2.24, 2.45) is 11.7 Å². The monoisotopic (exact) mass is 361 g/mol. The van der Waals surface area contributed by atoms with Crippen LogP contribution in [0.15, 0.2) is 30.6 Å². The fourth-order valence-electron chi connectivity index (χ4n) is 2.40. The van der Waals surface area contributed by atoms with Crippen molar-refractivity contribution in [1.29, 1.82) is 0 Å². The lowest BCUT2D eigenvalue weighted by Crippen LogP contribution is -2.42. The lowest BCUT2D eigenvalue weighted by molar-refractivity contribution is 0.0322. The molecular weight excluding hydrogens is 344 g/mol. The summed E-state index contributed by atoms with van der Waals surface area (Å²) in [5, 5.41) is 4.53. The average molecular weight is 362 g/mol. The number of hydrogen-bond donors (Lipinski definition) is 1. The maximum atomic E-state index is 14.1. The normalized spacial score (nSPS) is 20.8. The summed E-state index contributed by atoms with van der Waals surface area (Å²) >= 11 is 5.81. The Bertz CT molecular complexity index is 653. The summed E-state index contributed by atoms with van der Waals surface area (Å²) in [6.45, 7) is 1.58. The number of rotatable bonds is 4. The Hall–Kier alpha value is -1.34. The van der Waals surface area contributed by atoms with Crippen molar-refractivity contribution in [2.45, 2.75) is 12.5 Å². The van der Waals surface area contributed by atoms with Crippen LogP contribution in [-0.2, 0) is 4.74 Å². The van der Waals surface area contributed by atoms with Gasteiger partial charge in [0.05, 0.1) is 30.1 Å². The Morgan fingerprint density at radius 1 is 1.48 bits per heavy atom. The van der Waals surface area contributed by atoms with Crippen LogP contribution in [0.2, 0.25) is 5.02 Å². The zero-order chi connectivity index (χ0) is 15.5. The van der Waals surface area contributed by atoms with E-state index in [2.05, 4.69) is 5.10 Å². The number of benzene rings is 1. The van der Waals surface area contributed by atoms with Gasteiger partial charge in [-0.3, -0.25) is 0 Å². The third-order valence-corrected chi connectivity index (χ3v) is 3.93. The molecule has 0 unspecified atom stereocenters. The third kappa shape index (κ3) is 4.35. The van der Waals surface area contributed by atoms with Crippen LogP contribution in [0.25, 0.3) is 5.69 Å². The van der Waals surface area contributed by atoms with Crippen molar-refractivity contribution < 1.29 is 13.9 Å². The van der Waals surface area contributed by atoms with Gasteiger partial charge in [0.25, 0.3) is 0 Å². The molecule has 2 atom stereocenters. The fourth-order valence-corrected chi connectivity index (χ4v) is 2.54. The van der Waals surface area contributed by atoms with E-state index in [0.717, 1.165) is 6.42 Å². The summed E-state index contributed by atoms with van der Waals surface area (Å²) in [5.41, 5.74) is 6.54. The quantitative estimate of drug-likeness (QED) is 0.909. The van der Waals surface area contributed by atoms with Gasteiger partial charge >= 0.3 is 0 Å². The minimum Gasteiger partial charge on any atom is -0.490 e. The van der Waals surface area contributed by atoms with E-state index in [1.807, 2.05) is 0 Å². The molecule has 23 heavy (non-hydrogen) atoms. The predicted molar refractivity (Wildman–Crippen MR) is 88.2 cm³/mol. The van der Waals surface area contributed by atoms with Gasteiger partial charge < -0.3 is 15.2 Å².